The Bertz CT molecular complexity index is 1140. The molecule has 0 aromatic heterocycles. The van der Waals surface area contributed by atoms with Gasteiger partial charge in [0.25, 0.3) is 0 Å². The minimum atomic E-state index is -1.01. The summed E-state index contributed by atoms with van der Waals surface area (Å²) in [5.41, 5.74) is 4.33. The lowest BCUT2D eigenvalue weighted by molar-refractivity contribution is -0.148. The first-order chi connectivity index (χ1) is 15.5. The molecule has 0 spiro atoms. The predicted octanol–water partition coefficient (Wildman–Crippen LogP) is 5.36. The molecule has 5 rings (SSSR count). The zero-order chi connectivity index (χ0) is 22.3. The van der Waals surface area contributed by atoms with E-state index in [-0.39, 0.29) is 18.6 Å². The fraction of sp³-hybridized carbons (Fsp3) is 0.231. The number of amides is 1. The summed E-state index contributed by atoms with van der Waals surface area (Å²) in [7, 11) is 0. The number of ether oxygens (including phenoxy) is 1. The Morgan fingerprint density at radius 1 is 0.938 bits per heavy atom. The molecule has 2 aliphatic carbocycles. The predicted molar refractivity (Wildman–Crippen MR) is 122 cm³/mol. The van der Waals surface area contributed by atoms with Gasteiger partial charge in [-0.1, -0.05) is 72.3 Å². The molecule has 32 heavy (non-hydrogen) atoms. The first-order valence-electron chi connectivity index (χ1n) is 10.6. The number of nitrogens with one attached hydrogen (secondary N) is 1. The molecule has 0 bridgehead atoms. The van der Waals surface area contributed by atoms with Crippen molar-refractivity contribution >= 4 is 23.7 Å². The van der Waals surface area contributed by atoms with Gasteiger partial charge in [0.15, 0.2) is 0 Å². The molecule has 1 saturated carbocycles. The minimum absolute atomic E-state index is 0.0123. The molecule has 3 aromatic rings. The van der Waals surface area contributed by atoms with Crippen LogP contribution < -0.4 is 5.32 Å². The number of aliphatic carboxylic acids is 1. The van der Waals surface area contributed by atoms with E-state index >= 15 is 0 Å². The summed E-state index contributed by atoms with van der Waals surface area (Å²) in [6.07, 6.45) is 0.106. The lowest BCUT2D eigenvalue weighted by Crippen LogP contribution is -2.57. The number of carbonyl (C=O) groups is 2. The molecule has 162 valence electrons. The molecular formula is C26H22ClNO4. The van der Waals surface area contributed by atoms with Crippen molar-refractivity contribution in [2.45, 2.75) is 30.2 Å². The van der Waals surface area contributed by atoms with Crippen molar-refractivity contribution in [2.24, 2.45) is 0 Å². The van der Waals surface area contributed by atoms with Crippen LogP contribution in [-0.2, 0) is 14.9 Å². The van der Waals surface area contributed by atoms with Gasteiger partial charge in [0.2, 0.25) is 0 Å². The van der Waals surface area contributed by atoms with Crippen LogP contribution in [0.2, 0.25) is 5.02 Å². The fourth-order valence-electron chi connectivity index (χ4n) is 4.99. The normalized spacial score (nSPS) is 21.2. The van der Waals surface area contributed by atoms with E-state index in [2.05, 4.69) is 29.6 Å². The second-order valence-corrected chi connectivity index (χ2v) is 8.91. The Morgan fingerprint density at radius 3 is 2.06 bits per heavy atom. The SMILES string of the molecule is O=C(NC1CC(C(=O)O)(c2ccc(Cl)cc2)C1)OCC1c2ccccc2-c2ccccc21. The molecule has 0 saturated heterocycles. The van der Waals surface area contributed by atoms with E-state index in [1.165, 1.54) is 11.1 Å². The number of carboxylic acids is 1. The largest absolute Gasteiger partial charge is 0.481 e. The highest BCUT2D eigenvalue weighted by atomic mass is 35.5. The highest BCUT2D eigenvalue weighted by Gasteiger charge is 2.52. The third-order valence-electron chi connectivity index (χ3n) is 6.66. The molecule has 0 heterocycles. The Balaban J connectivity index is 1.22. The number of hydrogen-bond acceptors (Lipinski definition) is 3. The molecule has 2 N–H and O–H groups in total. The molecule has 0 atom stereocenters. The summed E-state index contributed by atoms with van der Waals surface area (Å²) in [5.74, 6) is -0.910. The molecule has 3 aromatic carbocycles. The van der Waals surface area contributed by atoms with E-state index in [9.17, 15) is 14.7 Å². The highest BCUT2D eigenvalue weighted by Crippen LogP contribution is 2.46. The summed E-state index contributed by atoms with van der Waals surface area (Å²) in [5, 5.41) is 13.2. The van der Waals surface area contributed by atoms with Gasteiger partial charge in [-0.05, 0) is 52.8 Å². The van der Waals surface area contributed by atoms with Crippen molar-refractivity contribution in [3.8, 4) is 11.1 Å². The van der Waals surface area contributed by atoms with E-state index in [0.29, 0.717) is 23.4 Å². The van der Waals surface area contributed by atoms with Crippen LogP contribution in [0, 0.1) is 0 Å². The quantitative estimate of drug-likeness (QED) is 0.551. The van der Waals surface area contributed by atoms with Crippen LogP contribution >= 0.6 is 11.6 Å². The summed E-state index contributed by atoms with van der Waals surface area (Å²) >= 11 is 5.93. The van der Waals surface area contributed by atoms with Crippen LogP contribution in [0.15, 0.2) is 72.8 Å². The number of carboxylic acid groups (broad SMARTS) is 1. The third-order valence-corrected chi connectivity index (χ3v) is 6.91. The summed E-state index contributed by atoms with van der Waals surface area (Å²) < 4.78 is 5.58. The van der Waals surface area contributed by atoms with Crippen molar-refractivity contribution in [3.63, 3.8) is 0 Å². The number of halogens is 1. The fourth-order valence-corrected chi connectivity index (χ4v) is 5.12. The monoisotopic (exact) mass is 447 g/mol. The average Bonchev–Trinajstić information content (AvgIpc) is 3.09. The maximum Gasteiger partial charge on any atom is 0.407 e. The summed E-state index contributed by atoms with van der Waals surface area (Å²) in [6.45, 7) is 0.230. The van der Waals surface area contributed by atoms with Gasteiger partial charge in [0, 0.05) is 17.0 Å². The topological polar surface area (TPSA) is 75.6 Å². The van der Waals surface area contributed by atoms with Crippen molar-refractivity contribution in [1.29, 1.82) is 0 Å². The highest BCUT2D eigenvalue weighted by molar-refractivity contribution is 6.30. The van der Waals surface area contributed by atoms with Crippen LogP contribution in [-0.4, -0.2) is 29.8 Å². The average molecular weight is 448 g/mol. The number of alkyl carbamates (subject to hydrolysis) is 1. The van der Waals surface area contributed by atoms with Gasteiger partial charge in [0.05, 0.1) is 5.41 Å². The number of rotatable bonds is 5. The van der Waals surface area contributed by atoms with Gasteiger partial charge in [-0.2, -0.15) is 0 Å². The van der Waals surface area contributed by atoms with Gasteiger partial charge in [-0.3, -0.25) is 4.79 Å². The molecule has 2 aliphatic rings. The molecule has 5 nitrogen and oxygen atoms in total. The second kappa shape index (κ2) is 7.99. The van der Waals surface area contributed by atoms with E-state index < -0.39 is 17.5 Å². The standard InChI is InChI=1S/C26H22ClNO4/c27-17-11-9-16(10-12-17)26(24(29)30)13-18(14-26)28-25(31)32-15-23-21-7-3-1-5-19(21)20-6-2-4-8-22(20)23/h1-12,18,23H,13-15H2,(H,28,31)(H,29,30). The van der Waals surface area contributed by atoms with Crippen molar-refractivity contribution < 1.29 is 19.4 Å². The minimum Gasteiger partial charge on any atom is -0.481 e. The Hall–Kier alpha value is -3.31. The third kappa shape index (κ3) is 3.43. The van der Waals surface area contributed by atoms with Gasteiger partial charge in [-0.15, -0.1) is 0 Å². The second-order valence-electron chi connectivity index (χ2n) is 8.47. The molecule has 1 fully saturated rings. The van der Waals surface area contributed by atoms with Gasteiger partial charge >= 0.3 is 12.1 Å². The van der Waals surface area contributed by atoms with E-state index in [4.69, 9.17) is 16.3 Å². The number of benzene rings is 3. The summed E-state index contributed by atoms with van der Waals surface area (Å²) in [4.78, 5) is 24.5. The Morgan fingerprint density at radius 2 is 1.50 bits per heavy atom. The molecule has 0 unspecified atom stereocenters. The smallest absolute Gasteiger partial charge is 0.407 e. The first kappa shape index (κ1) is 20.6. The van der Waals surface area contributed by atoms with Crippen LogP contribution in [0.25, 0.3) is 11.1 Å². The Labute approximate surface area is 191 Å². The maximum atomic E-state index is 12.5. The first-order valence-corrected chi connectivity index (χ1v) is 11.0. The van der Waals surface area contributed by atoms with Crippen LogP contribution in [0.1, 0.15) is 35.4 Å². The zero-order valence-electron chi connectivity index (χ0n) is 17.3. The number of fused-ring (bicyclic) bond motifs is 3. The number of hydrogen-bond donors (Lipinski definition) is 2. The van der Waals surface area contributed by atoms with Crippen LogP contribution in [0.3, 0.4) is 0 Å². The lowest BCUT2D eigenvalue weighted by atomic mass is 9.61. The van der Waals surface area contributed by atoms with Crippen molar-refractivity contribution in [3.05, 3.63) is 94.5 Å². The maximum absolute atomic E-state index is 12.5. The summed E-state index contributed by atoms with van der Waals surface area (Å²) in [6, 6.07) is 22.9. The van der Waals surface area contributed by atoms with E-state index in [1.807, 2.05) is 24.3 Å². The van der Waals surface area contributed by atoms with Gasteiger partial charge in [0.1, 0.15) is 6.61 Å². The zero-order valence-corrected chi connectivity index (χ0v) is 18.0. The van der Waals surface area contributed by atoms with Crippen molar-refractivity contribution in [1.82, 2.24) is 5.32 Å². The van der Waals surface area contributed by atoms with Crippen molar-refractivity contribution in [2.75, 3.05) is 6.61 Å². The molecule has 0 aliphatic heterocycles. The Kier molecular flexibility index (Phi) is 5.14. The number of carbonyl (C=O) groups excluding carboxylic acids is 1. The van der Waals surface area contributed by atoms with Gasteiger partial charge in [-0.25, -0.2) is 4.79 Å². The van der Waals surface area contributed by atoms with Gasteiger partial charge < -0.3 is 15.2 Å². The molecule has 1 amide bonds. The van der Waals surface area contributed by atoms with E-state index in [0.717, 1.165) is 11.1 Å². The molecule has 6 heteroatoms. The molecule has 0 radical (unpaired) electrons. The van der Waals surface area contributed by atoms with Crippen LogP contribution in [0.5, 0.6) is 0 Å². The van der Waals surface area contributed by atoms with E-state index in [1.54, 1.807) is 24.3 Å². The lowest BCUT2D eigenvalue weighted by Gasteiger charge is -2.44. The molecular weight excluding hydrogens is 426 g/mol. The van der Waals surface area contributed by atoms with Crippen LogP contribution in [0.4, 0.5) is 4.79 Å².